The van der Waals surface area contributed by atoms with Gasteiger partial charge in [-0.2, -0.15) is 5.26 Å². The van der Waals surface area contributed by atoms with Crippen LogP contribution in [-0.4, -0.2) is 55.2 Å². The Labute approximate surface area is 139 Å². The lowest BCUT2D eigenvalue weighted by Gasteiger charge is -2.26. The summed E-state index contributed by atoms with van der Waals surface area (Å²) in [5.74, 6) is -0.423. The van der Waals surface area contributed by atoms with Gasteiger partial charge in [0.25, 0.3) is 5.91 Å². The van der Waals surface area contributed by atoms with Crippen LogP contribution in [0.5, 0.6) is 0 Å². The van der Waals surface area contributed by atoms with Gasteiger partial charge in [-0.15, -0.1) is 0 Å². The minimum Gasteiger partial charge on any atom is -0.379 e. The van der Waals surface area contributed by atoms with Crippen molar-refractivity contribution in [1.29, 1.82) is 5.26 Å². The molecule has 0 atom stereocenters. The van der Waals surface area contributed by atoms with Crippen molar-refractivity contribution in [3.05, 3.63) is 35.3 Å². The molecule has 7 nitrogen and oxygen atoms in total. The number of carbonyl (C=O) groups excluding carboxylic acids is 1. The van der Waals surface area contributed by atoms with E-state index in [1.807, 2.05) is 6.07 Å². The average Bonchev–Trinajstić information content (AvgIpc) is 2.58. The fourth-order valence-corrected chi connectivity index (χ4v) is 2.21. The second-order valence-corrected chi connectivity index (χ2v) is 5.22. The molecule has 0 aliphatic carbocycles. The van der Waals surface area contributed by atoms with E-state index in [1.54, 1.807) is 18.3 Å². The van der Waals surface area contributed by atoms with Crippen LogP contribution >= 0.6 is 11.6 Å². The van der Waals surface area contributed by atoms with Gasteiger partial charge < -0.3 is 15.4 Å². The number of nitriles is 1. The Kier molecular flexibility index (Phi) is 6.81. The highest BCUT2D eigenvalue weighted by Crippen LogP contribution is 2.17. The molecule has 1 aromatic rings. The molecule has 0 radical (unpaired) electrons. The molecule has 1 aliphatic heterocycles. The van der Waals surface area contributed by atoms with E-state index in [0.29, 0.717) is 25.4 Å². The van der Waals surface area contributed by atoms with Crippen molar-refractivity contribution >= 4 is 23.2 Å². The van der Waals surface area contributed by atoms with Crippen molar-refractivity contribution in [3.63, 3.8) is 0 Å². The van der Waals surface area contributed by atoms with Crippen LogP contribution < -0.4 is 10.6 Å². The predicted molar refractivity (Wildman–Crippen MR) is 86.8 cm³/mol. The quantitative estimate of drug-likeness (QED) is 0.458. The van der Waals surface area contributed by atoms with Crippen LogP contribution in [0, 0.1) is 11.3 Å². The summed E-state index contributed by atoms with van der Waals surface area (Å²) < 4.78 is 5.26. The lowest BCUT2D eigenvalue weighted by atomic mass is 10.3. The molecule has 23 heavy (non-hydrogen) atoms. The number of carbonyl (C=O) groups is 1. The van der Waals surface area contributed by atoms with Gasteiger partial charge in [0.2, 0.25) is 0 Å². The van der Waals surface area contributed by atoms with Gasteiger partial charge in [-0.25, -0.2) is 4.98 Å². The second-order valence-electron chi connectivity index (χ2n) is 4.87. The van der Waals surface area contributed by atoms with Crippen molar-refractivity contribution < 1.29 is 9.53 Å². The molecule has 8 heteroatoms. The monoisotopic (exact) mass is 335 g/mol. The van der Waals surface area contributed by atoms with Crippen LogP contribution in [0.4, 0.5) is 5.69 Å². The van der Waals surface area contributed by atoms with E-state index in [-0.39, 0.29) is 10.7 Å². The van der Waals surface area contributed by atoms with Crippen molar-refractivity contribution in [2.75, 3.05) is 44.7 Å². The normalized spacial score (nSPS) is 15.7. The minimum absolute atomic E-state index is 0.0214. The zero-order chi connectivity index (χ0) is 16.5. The Bertz CT molecular complexity index is 608. The number of hydrogen-bond donors (Lipinski definition) is 2. The first kappa shape index (κ1) is 17.2. The summed E-state index contributed by atoms with van der Waals surface area (Å²) in [5.41, 5.74) is 0.509. The van der Waals surface area contributed by atoms with Crippen molar-refractivity contribution in [3.8, 4) is 6.07 Å². The molecule has 0 bridgehead atoms. The zero-order valence-corrected chi connectivity index (χ0v) is 13.3. The molecule has 0 spiro atoms. The molecule has 0 aromatic carbocycles. The number of rotatable bonds is 6. The molecule has 1 aromatic heterocycles. The summed E-state index contributed by atoms with van der Waals surface area (Å²) in [6.45, 7) is 4.36. The molecule has 1 fully saturated rings. The maximum absolute atomic E-state index is 12.0. The second kappa shape index (κ2) is 9.10. The Morgan fingerprint density at radius 1 is 1.52 bits per heavy atom. The highest BCUT2D eigenvalue weighted by molar-refractivity contribution is 6.32. The first-order valence-corrected chi connectivity index (χ1v) is 7.64. The maximum Gasteiger partial charge on any atom is 0.263 e. The lowest BCUT2D eigenvalue weighted by Crippen LogP contribution is -2.41. The number of ether oxygens (including phenoxy) is 1. The average molecular weight is 336 g/mol. The van der Waals surface area contributed by atoms with Gasteiger partial charge in [0.05, 0.1) is 18.9 Å². The van der Waals surface area contributed by atoms with Crippen molar-refractivity contribution in [1.82, 2.24) is 15.2 Å². The van der Waals surface area contributed by atoms with Gasteiger partial charge in [0.15, 0.2) is 5.15 Å². The van der Waals surface area contributed by atoms with Gasteiger partial charge in [-0.1, -0.05) is 11.6 Å². The number of pyridine rings is 1. The molecule has 1 aliphatic rings. The SMILES string of the molecule is N#C/C(=C/Nc1cccnc1Cl)C(=O)NCCN1CCOCC1. The Balaban J connectivity index is 1.82. The van der Waals surface area contributed by atoms with Crippen LogP contribution in [-0.2, 0) is 9.53 Å². The number of morpholine rings is 1. The summed E-state index contributed by atoms with van der Waals surface area (Å²) in [6.07, 6.45) is 2.88. The summed E-state index contributed by atoms with van der Waals surface area (Å²) in [4.78, 5) is 18.1. The number of hydrogen-bond acceptors (Lipinski definition) is 6. The van der Waals surface area contributed by atoms with E-state index >= 15 is 0 Å². The van der Waals surface area contributed by atoms with Crippen LogP contribution in [0.1, 0.15) is 0 Å². The Hall–Kier alpha value is -2.14. The van der Waals surface area contributed by atoms with Crippen molar-refractivity contribution in [2.45, 2.75) is 0 Å². The molecule has 0 saturated carbocycles. The van der Waals surface area contributed by atoms with E-state index in [1.165, 1.54) is 6.20 Å². The first-order valence-electron chi connectivity index (χ1n) is 7.26. The van der Waals surface area contributed by atoms with Crippen molar-refractivity contribution in [2.24, 2.45) is 0 Å². The van der Waals surface area contributed by atoms with E-state index in [4.69, 9.17) is 21.6 Å². The summed E-state index contributed by atoms with van der Waals surface area (Å²) >= 11 is 5.90. The van der Waals surface area contributed by atoms with Crippen LogP contribution in [0.15, 0.2) is 30.1 Å². The van der Waals surface area contributed by atoms with Gasteiger partial charge in [-0.05, 0) is 12.1 Å². The number of aromatic nitrogens is 1. The first-order chi connectivity index (χ1) is 11.2. The highest BCUT2D eigenvalue weighted by atomic mass is 35.5. The molecule has 122 valence electrons. The summed E-state index contributed by atoms with van der Waals surface area (Å²) in [5, 5.41) is 14.9. The lowest BCUT2D eigenvalue weighted by molar-refractivity contribution is -0.117. The van der Waals surface area contributed by atoms with E-state index in [0.717, 1.165) is 19.6 Å². The molecule has 1 amide bonds. The summed E-state index contributed by atoms with van der Waals surface area (Å²) in [7, 11) is 0. The summed E-state index contributed by atoms with van der Waals surface area (Å²) in [6, 6.07) is 5.28. The Morgan fingerprint density at radius 2 is 2.30 bits per heavy atom. The molecule has 2 heterocycles. The smallest absolute Gasteiger partial charge is 0.263 e. The minimum atomic E-state index is -0.423. The third-order valence-electron chi connectivity index (χ3n) is 3.31. The molecule has 1 saturated heterocycles. The highest BCUT2D eigenvalue weighted by Gasteiger charge is 2.12. The molecular formula is C15H18ClN5O2. The molecule has 2 rings (SSSR count). The van der Waals surface area contributed by atoms with E-state index in [2.05, 4.69) is 20.5 Å². The number of anilines is 1. The van der Waals surface area contributed by atoms with E-state index in [9.17, 15) is 4.79 Å². The topological polar surface area (TPSA) is 90.3 Å². The van der Waals surface area contributed by atoms with Gasteiger partial charge in [0.1, 0.15) is 11.6 Å². The standard InChI is InChI=1S/C15H18ClN5O2/c16-14-13(2-1-3-18-14)20-11-12(10-17)15(22)19-4-5-21-6-8-23-9-7-21/h1-3,11,20H,4-9H2,(H,19,22)/b12-11-. The molecule has 0 unspecified atom stereocenters. The Morgan fingerprint density at radius 3 is 3.00 bits per heavy atom. The third kappa shape index (κ3) is 5.53. The number of nitrogens with one attached hydrogen (secondary N) is 2. The molecular weight excluding hydrogens is 318 g/mol. The van der Waals surface area contributed by atoms with Crippen LogP contribution in [0.25, 0.3) is 0 Å². The number of nitrogens with zero attached hydrogens (tertiary/aromatic N) is 3. The maximum atomic E-state index is 12.0. The van der Waals surface area contributed by atoms with Gasteiger partial charge >= 0.3 is 0 Å². The fourth-order valence-electron chi connectivity index (χ4n) is 2.04. The zero-order valence-electron chi connectivity index (χ0n) is 12.6. The van der Waals surface area contributed by atoms with E-state index < -0.39 is 5.91 Å². The number of amides is 1. The number of halogens is 1. The third-order valence-corrected chi connectivity index (χ3v) is 3.61. The van der Waals surface area contributed by atoms with Gasteiger partial charge in [0, 0.05) is 38.6 Å². The van der Waals surface area contributed by atoms with Crippen LogP contribution in [0.3, 0.4) is 0 Å². The molecule has 2 N–H and O–H groups in total. The van der Waals surface area contributed by atoms with Gasteiger partial charge in [-0.3, -0.25) is 9.69 Å². The fraction of sp³-hybridized carbons (Fsp3) is 0.400. The largest absolute Gasteiger partial charge is 0.379 e. The van der Waals surface area contributed by atoms with Crippen LogP contribution in [0.2, 0.25) is 5.15 Å². The predicted octanol–water partition coefficient (Wildman–Crippen LogP) is 1.00.